The van der Waals surface area contributed by atoms with Crippen molar-refractivity contribution in [3.05, 3.63) is 0 Å². The SMILES string of the molecule is CC1CC(C)N(C(=O)C(CN)CC(C)(C)C)C1. The van der Waals surface area contributed by atoms with Crippen LogP contribution in [0.5, 0.6) is 0 Å². The molecule has 0 aliphatic carbocycles. The maximum atomic E-state index is 12.5. The quantitative estimate of drug-likeness (QED) is 0.822. The Morgan fingerprint density at radius 2 is 2.00 bits per heavy atom. The highest BCUT2D eigenvalue weighted by molar-refractivity contribution is 5.79. The van der Waals surface area contributed by atoms with Gasteiger partial charge in [0.2, 0.25) is 5.91 Å². The van der Waals surface area contributed by atoms with E-state index in [-0.39, 0.29) is 17.2 Å². The molecular weight excluding hydrogens is 212 g/mol. The molecule has 0 saturated carbocycles. The van der Waals surface area contributed by atoms with Gasteiger partial charge in [-0.1, -0.05) is 27.7 Å². The second-order valence-electron chi connectivity index (χ2n) is 6.88. The number of hydrogen-bond acceptors (Lipinski definition) is 2. The molecular formula is C14H28N2O. The van der Waals surface area contributed by atoms with Crippen LogP contribution in [0.25, 0.3) is 0 Å². The smallest absolute Gasteiger partial charge is 0.227 e. The van der Waals surface area contributed by atoms with Gasteiger partial charge in [-0.15, -0.1) is 0 Å². The fraction of sp³-hybridized carbons (Fsp3) is 0.929. The van der Waals surface area contributed by atoms with Gasteiger partial charge in [0.1, 0.15) is 0 Å². The van der Waals surface area contributed by atoms with E-state index in [1.807, 2.05) is 4.90 Å². The number of carbonyl (C=O) groups excluding carboxylic acids is 1. The van der Waals surface area contributed by atoms with Crippen LogP contribution in [-0.4, -0.2) is 29.9 Å². The van der Waals surface area contributed by atoms with Crippen molar-refractivity contribution in [2.24, 2.45) is 23.0 Å². The topological polar surface area (TPSA) is 46.3 Å². The van der Waals surface area contributed by atoms with Crippen molar-refractivity contribution in [2.75, 3.05) is 13.1 Å². The van der Waals surface area contributed by atoms with E-state index >= 15 is 0 Å². The lowest BCUT2D eigenvalue weighted by atomic mass is 9.84. The molecule has 1 saturated heterocycles. The van der Waals surface area contributed by atoms with E-state index in [9.17, 15) is 4.79 Å². The minimum absolute atomic E-state index is 0.0113. The van der Waals surface area contributed by atoms with E-state index in [1.54, 1.807) is 0 Å². The van der Waals surface area contributed by atoms with Crippen LogP contribution >= 0.6 is 0 Å². The Morgan fingerprint density at radius 1 is 1.41 bits per heavy atom. The van der Waals surface area contributed by atoms with Gasteiger partial charge >= 0.3 is 0 Å². The predicted molar refractivity (Wildman–Crippen MR) is 71.6 cm³/mol. The van der Waals surface area contributed by atoms with Gasteiger partial charge in [-0.3, -0.25) is 4.79 Å². The molecule has 3 nitrogen and oxygen atoms in total. The molecule has 1 heterocycles. The highest BCUT2D eigenvalue weighted by Crippen LogP contribution is 2.29. The molecule has 0 aromatic carbocycles. The summed E-state index contributed by atoms with van der Waals surface area (Å²) in [7, 11) is 0. The third-order valence-electron chi connectivity index (χ3n) is 3.56. The van der Waals surface area contributed by atoms with Gasteiger partial charge in [-0.25, -0.2) is 0 Å². The zero-order chi connectivity index (χ0) is 13.2. The summed E-state index contributed by atoms with van der Waals surface area (Å²) < 4.78 is 0. The summed E-state index contributed by atoms with van der Waals surface area (Å²) in [5.74, 6) is 0.879. The number of carbonyl (C=O) groups is 1. The molecule has 1 amide bonds. The van der Waals surface area contributed by atoms with Crippen molar-refractivity contribution < 1.29 is 4.79 Å². The lowest BCUT2D eigenvalue weighted by Gasteiger charge is -2.30. The number of amides is 1. The monoisotopic (exact) mass is 240 g/mol. The lowest BCUT2D eigenvalue weighted by Crippen LogP contribution is -2.42. The largest absolute Gasteiger partial charge is 0.339 e. The maximum absolute atomic E-state index is 12.5. The second kappa shape index (κ2) is 5.38. The average Bonchev–Trinajstić information content (AvgIpc) is 2.52. The summed E-state index contributed by atoms with van der Waals surface area (Å²) in [6, 6.07) is 0.381. The fourth-order valence-electron chi connectivity index (χ4n) is 2.85. The van der Waals surface area contributed by atoms with Crippen LogP contribution in [-0.2, 0) is 4.79 Å². The molecule has 0 spiro atoms. The molecule has 3 unspecified atom stereocenters. The molecule has 0 bridgehead atoms. The summed E-state index contributed by atoms with van der Waals surface area (Å²) >= 11 is 0. The molecule has 0 radical (unpaired) electrons. The normalized spacial score (nSPS) is 27.3. The zero-order valence-corrected chi connectivity index (χ0v) is 12.0. The third-order valence-corrected chi connectivity index (χ3v) is 3.56. The van der Waals surface area contributed by atoms with Crippen molar-refractivity contribution in [1.82, 2.24) is 4.90 Å². The van der Waals surface area contributed by atoms with Crippen molar-refractivity contribution >= 4 is 5.91 Å². The van der Waals surface area contributed by atoms with Gasteiger partial charge in [0.15, 0.2) is 0 Å². The molecule has 1 fully saturated rings. The summed E-state index contributed by atoms with van der Waals surface area (Å²) in [5, 5.41) is 0. The number of nitrogens with zero attached hydrogens (tertiary/aromatic N) is 1. The first-order valence-electron chi connectivity index (χ1n) is 6.75. The molecule has 1 aliphatic heterocycles. The molecule has 0 aromatic heterocycles. The Hall–Kier alpha value is -0.570. The van der Waals surface area contributed by atoms with Gasteiger partial charge in [0.25, 0.3) is 0 Å². The Labute approximate surface area is 106 Å². The van der Waals surface area contributed by atoms with E-state index in [2.05, 4.69) is 34.6 Å². The summed E-state index contributed by atoms with van der Waals surface area (Å²) in [4.78, 5) is 14.5. The highest BCUT2D eigenvalue weighted by Gasteiger charge is 2.34. The van der Waals surface area contributed by atoms with Crippen molar-refractivity contribution in [2.45, 2.75) is 53.5 Å². The van der Waals surface area contributed by atoms with Crippen molar-refractivity contribution in [3.63, 3.8) is 0 Å². The van der Waals surface area contributed by atoms with Crippen LogP contribution in [0, 0.1) is 17.3 Å². The van der Waals surface area contributed by atoms with Crippen molar-refractivity contribution in [1.29, 1.82) is 0 Å². The zero-order valence-electron chi connectivity index (χ0n) is 12.0. The molecule has 1 rings (SSSR count). The molecule has 3 heteroatoms. The van der Waals surface area contributed by atoms with Gasteiger partial charge in [0, 0.05) is 19.1 Å². The van der Waals surface area contributed by atoms with E-state index in [0.717, 1.165) is 19.4 Å². The van der Waals surface area contributed by atoms with Crippen molar-refractivity contribution in [3.8, 4) is 0 Å². The minimum atomic E-state index is -0.0113. The van der Waals surface area contributed by atoms with Gasteiger partial charge in [-0.2, -0.15) is 0 Å². The summed E-state index contributed by atoms with van der Waals surface area (Å²) in [6.45, 7) is 12.2. The molecule has 100 valence electrons. The Balaban J connectivity index is 2.66. The van der Waals surface area contributed by atoms with Gasteiger partial charge < -0.3 is 10.6 Å². The van der Waals surface area contributed by atoms with Crippen LogP contribution in [0.1, 0.15) is 47.5 Å². The number of likely N-dealkylation sites (tertiary alicyclic amines) is 1. The Morgan fingerprint density at radius 3 is 2.35 bits per heavy atom. The summed E-state index contributed by atoms with van der Waals surface area (Å²) in [6.07, 6.45) is 2.00. The van der Waals surface area contributed by atoms with E-state index < -0.39 is 0 Å². The Kier molecular flexibility index (Phi) is 4.59. The minimum Gasteiger partial charge on any atom is -0.339 e. The maximum Gasteiger partial charge on any atom is 0.227 e. The van der Waals surface area contributed by atoms with Crippen LogP contribution in [0.3, 0.4) is 0 Å². The third kappa shape index (κ3) is 3.98. The van der Waals surface area contributed by atoms with Crippen LogP contribution in [0.2, 0.25) is 0 Å². The van der Waals surface area contributed by atoms with E-state index in [1.165, 1.54) is 0 Å². The van der Waals surface area contributed by atoms with Gasteiger partial charge in [-0.05, 0) is 31.1 Å². The summed E-state index contributed by atoms with van der Waals surface area (Å²) in [5.41, 5.74) is 5.94. The van der Waals surface area contributed by atoms with Gasteiger partial charge in [0.05, 0.1) is 5.92 Å². The van der Waals surface area contributed by atoms with Crippen LogP contribution in [0.15, 0.2) is 0 Å². The number of nitrogens with two attached hydrogens (primary N) is 1. The number of rotatable bonds is 3. The van der Waals surface area contributed by atoms with E-state index in [4.69, 9.17) is 5.73 Å². The standard InChI is InChI=1S/C14H28N2O/c1-10-6-11(2)16(9-10)13(17)12(8-15)7-14(3,4)5/h10-12H,6-9,15H2,1-5H3. The first-order valence-corrected chi connectivity index (χ1v) is 6.75. The fourth-order valence-corrected chi connectivity index (χ4v) is 2.85. The van der Waals surface area contributed by atoms with Crippen LogP contribution < -0.4 is 5.73 Å². The molecule has 0 aromatic rings. The first-order chi connectivity index (χ1) is 7.74. The average molecular weight is 240 g/mol. The molecule has 17 heavy (non-hydrogen) atoms. The second-order valence-corrected chi connectivity index (χ2v) is 6.88. The van der Waals surface area contributed by atoms with Crippen LogP contribution in [0.4, 0.5) is 0 Å². The Bertz CT molecular complexity index is 270. The molecule has 1 aliphatic rings. The predicted octanol–water partition coefficient (Wildman–Crippen LogP) is 2.25. The number of hydrogen-bond donors (Lipinski definition) is 1. The molecule has 2 N–H and O–H groups in total. The molecule has 3 atom stereocenters. The lowest BCUT2D eigenvalue weighted by molar-refractivity contribution is -0.136. The van der Waals surface area contributed by atoms with E-state index in [0.29, 0.717) is 18.5 Å². The highest BCUT2D eigenvalue weighted by atomic mass is 16.2. The first kappa shape index (κ1) is 14.5.